The van der Waals surface area contributed by atoms with E-state index in [0.717, 1.165) is 23.6 Å². The Balaban J connectivity index is 2.03. The molecule has 1 saturated carbocycles. The fourth-order valence-electron chi connectivity index (χ4n) is 2.28. The summed E-state index contributed by atoms with van der Waals surface area (Å²) in [6.45, 7) is 5.23. The smallest absolute Gasteiger partial charge is 0.251 e. The minimum atomic E-state index is -0.00796. The monoisotopic (exact) mass is 270 g/mol. The van der Waals surface area contributed by atoms with Gasteiger partial charge >= 0.3 is 0 Å². The molecule has 0 spiro atoms. The lowest BCUT2D eigenvalue weighted by atomic mass is 10.0. The van der Waals surface area contributed by atoms with Crippen LogP contribution in [0.4, 0.5) is 0 Å². The molecule has 0 heterocycles. The van der Waals surface area contributed by atoms with E-state index in [0.29, 0.717) is 18.0 Å². The predicted molar refractivity (Wildman–Crippen MR) is 81.3 cm³/mol. The normalized spacial score (nSPS) is 15.2. The highest BCUT2D eigenvalue weighted by Crippen LogP contribution is 2.36. The molecule has 20 heavy (non-hydrogen) atoms. The first kappa shape index (κ1) is 14.6. The number of carbonyl (C=O) groups is 1. The Kier molecular flexibility index (Phi) is 4.81. The summed E-state index contributed by atoms with van der Waals surface area (Å²) in [5.41, 5.74) is 7.88. The lowest BCUT2D eigenvalue weighted by Crippen LogP contribution is -2.29. The third-order valence-corrected chi connectivity index (χ3v) is 3.83. The number of nitrogens with one attached hydrogen (secondary N) is 1. The molecule has 0 saturated heterocycles. The molecule has 0 bridgehead atoms. The SMILES string of the molecule is Cc1ccc(C#CCN)cc1C(=O)NCC(C)C1CC1. The second kappa shape index (κ2) is 6.58. The van der Waals surface area contributed by atoms with E-state index in [-0.39, 0.29) is 5.91 Å². The highest BCUT2D eigenvalue weighted by Gasteiger charge is 2.27. The van der Waals surface area contributed by atoms with Crippen molar-refractivity contribution in [1.82, 2.24) is 5.32 Å². The van der Waals surface area contributed by atoms with Gasteiger partial charge in [-0.05, 0) is 49.3 Å². The zero-order chi connectivity index (χ0) is 14.5. The van der Waals surface area contributed by atoms with Gasteiger partial charge in [0.25, 0.3) is 5.91 Å². The van der Waals surface area contributed by atoms with Crippen LogP contribution in [0.3, 0.4) is 0 Å². The molecular weight excluding hydrogens is 248 g/mol. The lowest BCUT2D eigenvalue weighted by Gasteiger charge is -2.12. The summed E-state index contributed by atoms with van der Waals surface area (Å²) < 4.78 is 0. The lowest BCUT2D eigenvalue weighted by molar-refractivity contribution is 0.0946. The number of aryl methyl sites for hydroxylation is 1. The van der Waals surface area contributed by atoms with E-state index >= 15 is 0 Å². The highest BCUT2D eigenvalue weighted by molar-refractivity contribution is 5.96. The molecule has 1 aliphatic rings. The van der Waals surface area contributed by atoms with Crippen molar-refractivity contribution in [3.8, 4) is 11.8 Å². The summed E-state index contributed by atoms with van der Waals surface area (Å²) in [5.74, 6) is 7.14. The van der Waals surface area contributed by atoms with Crippen molar-refractivity contribution in [3.63, 3.8) is 0 Å². The third-order valence-electron chi connectivity index (χ3n) is 3.83. The van der Waals surface area contributed by atoms with E-state index in [1.54, 1.807) is 0 Å². The maximum atomic E-state index is 12.3. The van der Waals surface area contributed by atoms with Crippen molar-refractivity contribution in [1.29, 1.82) is 0 Å². The maximum absolute atomic E-state index is 12.3. The fourth-order valence-corrected chi connectivity index (χ4v) is 2.28. The quantitative estimate of drug-likeness (QED) is 0.823. The topological polar surface area (TPSA) is 55.1 Å². The summed E-state index contributed by atoms with van der Waals surface area (Å²) in [5, 5.41) is 3.03. The van der Waals surface area contributed by atoms with Crippen molar-refractivity contribution < 1.29 is 4.79 Å². The molecule has 1 aromatic carbocycles. The first-order valence-corrected chi connectivity index (χ1v) is 7.19. The van der Waals surface area contributed by atoms with Crippen LogP contribution in [0.1, 0.15) is 41.3 Å². The molecule has 1 fully saturated rings. The molecular formula is C17H22N2O. The number of hydrogen-bond acceptors (Lipinski definition) is 2. The van der Waals surface area contributed by atoms with Crippen LogP contribution < -0.4 is 11.1 Å². The Morgan fingerprint density at radius 2 is 2.25 bits per heavy atom. The maximum Gasteiger partial charge on any atom is 0.251 e. The average Bonchev–Trinajstić information content (AvgIpc) is 3.28. The van der Waals surface area contributed by atoms with E-state index in [1.165, 1.54) is 12.8 Å². The van der Waals surface area contributed by atoms with Gasteiger partial charge in [-0.15, -0.1) is 0 Å². The van der Waals surface area contributed by atoms with E-state index in [4.69, 9.17) is 5.73 Å². The number of carbonyl (C=O) groups excluding carboxylic acids is 1. The van der Waals surface area contributed by atoms with Gasteiger partial charge in [-0.25, -0.2) is 0 Å². The molecule has 0 aromatic heterocycles. The van der Waals surface area contributed by atoms with Crippen molar-refractivity contribution in [2.24, 2.45) is 17.6 Å². The molecule has 1 aromatic rings. The molecule has 3 N–H and O–H groups in total. The Labute approximate surface area is 120 Å². The molecule has 0 aliphatic heterocycles. The van der Waals surface area contributed by atoms with E-state index in [9.17, 15) is 4.79 Å². The van der Waals surface area contributed by atoms with E-state index in [2.05, 4.69) is 24.1 Å². The highest BCUT2D eigenvalue weighted by atomic mass is 16.1. The number of amides is 1. The molecule has 3 nitrogen and oxygen atoms in total. The van der Waals surface area contributed by atoms with Gasteiger partial charge in [0.15, 0.2) is 0 Å². The first-order valence-electron chi connectivity index (χ1n) is 7.19. The minimum absolute atomic E-state index is 0.00796. The second-order valence-electron chi connectivity index (χ2n) is 5.56. The molecule has 1 amide bonds. The molecule has 0 radical (unpaired) electrons. The van der Waals surface area contributed by atoms with Crippen LogP contribution in [0.5, 0.6) is 0 Å². The van der Waals surface area contributed by atoms with Gasteiger partial charge in [0.05, 0.1) is 6.54 Å². The molecule has 106 valence electrons. The van der Waals surface area contributed by atoms with Crippen molar-refractivity contribution in [2.45, 2.75) is 26.7 Å². The second-order valence-corrected chi connectivity index (χ2v) is 5.56. The summed E-state index contributed by atoms with van der Waals surface area (Å²) >= 11 is 0. The summed E-state index contributed by atoms with van der Waals surface area (Å²) in [6.07, 6.45) is 2.61. The van der Waals surface area contributed by atoms with E-state index < -0.39 is 0 Å². The van der Waals surface area contributed by atoms with Crippen molar-refractivity contribution >= 4 is 5.91 Å². The Bertz CT molecular complexity index is 550. The molecule has 2 rings (SSSR count). The first-order chi connectivity index (χ1) is 9.61. The van der Waals surface area contributed by atoms with Gasteiger partial charge in [0.1, 0.15) is 0 Å². The third kappa shape index (κ3) is 3.85. The predicted octanol–water partition coefficient (Wildman–Crippen LogP) is 2.08. The Morgan fingerprint density at radius 3 is 2.90 bits per heavy atom. The van der Waals surface area contributed by atoms with Crippen LogP contribution in [0.15, 0.2) is 18.2 Å². The molecule has 1 atom stereocenters. The Morgan fingerprint density at radius 1 is 1.50 bits per heavy atom. The van der Waals surface area contributed by atoms with Gasteiger partial charge in [0, 0.05) is 17.7 Å². The van der Waals surface area contributed by atoms with Gasteiger partial charge < -0.3 is 11.1 Å². The van der Waals surface area contributed by atoms with E-state index in [1.807, 2.05) is 25.1 Å². The largest absolute Gasteiger partial charge is 0.352 e. The fraction of sp³-hybridized carbons (Fsp3) is 0.471. The van der Waals surface area contributed by atoms with Crippen LogP contribution in [-0.4, -0.2) is 19.0 Å². The summed E-state index contributed by atoms with van der Waals surface area (Å²) in [7, 11) is 0. The minimum Gasteiger partial charge on any atom is -0.352 e. The zero-order valence-corrected chi connectivity index (χ0v) is 12.2. The van der Waals surface area contributed by atoms with Gasteiger partial charge in [0.2, 0.25) is 0 Å². The number of hydrogen-bond donors (Lipinski definition) is 2. The number of benzene rings is 1. The summed E-state index contributed by atoms with van der Waals surface area (Å²) in [6, 6.07) is 5.69. The average molecular weight is 270 g/mol. The van der Waals surface area contributed by atoms with Crippen LogP contribution in [0.2, 0.25) is 0 Å². The van der Waals surface area contributed by atoms with Crippen molar-refractivity contribution in [2.75, 3.05) is 13.1 Å². The Hall–Kier alpha value is -1.79. The standard InChI is InChI=1S/C17H22N2O/c1-12-5-6-14(4-3-9-18)10-16(12)17(20)19-11-13(2)15-7-8-15/h5-6,10,13,15H,7-9,11,18H2,1-2H3,(H,19,20). The molecule has 3 heteroatoms. The zero-order valence-electron chi connectivity index (χ0n) is 12.2. The van der Waals surface area contributed by atoms with Crippen LogP contribution >= 0.6 is 0 Å². The molecule has 1 unspecified atom stereocenters. The van der Waals surface area contributed by atoms with Gasteiger partial charge in [-0.1, -0.05) is 24.8 Å². The van der Waals surface area contributed by atoms with Gasteiger partial charge in [-0.3, -0.25) is 4.79 Å². The number of nitrogens with two attached hydrogens (primary N) is 1. The van der Waals surface area contributed by atoms with Crippen molar-refractivity contribution in [3.05, 3.63) is 34.9 Å². The molecule has 1 aliphatic carbocycles. The number of rotatable bonds is 4. The van der Waals surface area contributed by atoms with Crippen LogP contribution in [0.25, 0.3) is 0 Å². The van der Waals surface area contributed by atoms with Crippen LogP contribution in [-0.2, 0) is 0 Å². The van der Waals surface area contributed by atoms with Crippen LogP contribution in [0, 0.1) is 30.6 Å². The van der Waals surface area contributed by atoms with Gasteiger partial charge in [-0.2, -0.15) is 0 Å². The summed E-state index contributed by atoms with van der Waals surface area (Å²) in [4.78, 5) is 12.3.